The van der Waals surface area contributed by atoms with Crippen molar-refractivity contribution in [2.24, 2.45) is 0 Å². The summed E-state index contributed by atoms with van der Waals surface area (Å²) in [5.41, 5.74) is 0. The van der Waals surface area contributed by atoms with E-state index in [1.807, 2.05) is 13.8 Å². The lowest BCUT2D eigenvalue weighted by Gasteiger charge is -2.20. The molecule has 0 bridgehead atoms. The monoisotopic (exact) mass is 190 g/mol. The first-order chi connectivity index (χ1) is 6.20. The molecule has 0 saturated heterocycles. The first-order valence-electron chi connectivity index (χ1n) is 5.08. The van der Waals surface area contributed by atoms with E-state index in [9.17, 15) is 0 Å². The van der Waals surface area contributed by atoms with Gasteiger partial charge in [0.05, 0.1) is 6.10 Å². The Labute approximate surface area is 81.0 Å². The molecule has 3 nitrogen and oxygen atoms in total. The van der Waals surface area contributed by atoms with Gasteiger partial charge in [-0.2, -0.15) is 0 Å². The molecule has 0 aliphatic heterocycles. The van der Waals surface area contributed by atoms with E-state index in [-0.39, 0.29) is 19.0 Å². The van der Waals surface area contributed by atoms with Crippen LogP contribution in [0.25, 0.3) is 0 Å². The maximum absolute atomic E-state index is 8.66. The van der Waals surface area contributed by atoms with Gasteiger partial charge < -0.3 is 14.6 Å². The van der Waals surface area contributed by atoms with Crippen LogP contribution < -0.4 is 0 Å². The van der Waals surface area contributed by atoms with Gasteiger partial charge in [-0.25, -0.2) is 0 Å². The summed E-state index contributed by atoms with van der Waals surface area (Å²) < 4.78 is 11.0. The summed E-state index contributed by atoms with van der Waals surface area (Å²) in [5, 5.41) is 8.66. The number of aliphatic hydroxyl groups excluding tert-OH is 1. The minimum absolute atomic E-state index is 0.146. The van der Waals surface area contributed by atoms with Crippen molar-refractivity contribution in [1.82, 2.24) is 0 Å². The molecule has 3 heteroatoms. The van der Waals surface area contributed by atoms with Gasteiger partial charge in [-0.3, -0.25) is 0 Å². The van der Waals surface area contributed by atoms with Crippen molar-refractivity contribution in [3.05, 3.63) is 0 Å². The Kier molecular flexibility index (Phi) is 8.40. The van der Waals surface area contributed by atoms with Gasteiger partial charge in [0, 0.05) is 19.6 Å². The predicted molar refractivity (Wildman–Crippen MR) is 52.6 cm³/mol. The molecule has 80 valence electrons. The molecule has 0 rings (SSSR count). The third-order valence-electron chi connectivity index (χ3n) is 1.53. The van der Waals surface area contributed by atoms with Gasteiger partial charge in [-0.05, 0) is 26.7 Å². The second-order valence-corrected chi connectivity index (χ2v) is 3.35. The van der Waals surface area contributed by atoms with Crippen molar-refractivity contribution in [3.63, 3.8) is 0 Å². The summed E-state index contributed by atoms with van der Waals surface area (Å²) in [6.45, 7) is 6.97. The van der Waals surface area contributed by atoms with Crippen molar-refractivity contribution in [1.29, 1.82) is 0 Å². The topological polar surface area (TPSA) is 38.7 Å². The Morgan fingerprint density at radius 1 is 1.31 bits per heavy atom. The highest BCUT2D eigenvalue weighted by Crippen LogP contribution is 2.07. The maximum Gasteiger partial charge on any atom is 0.158 e. The Morgan fingerprint density at radius 3 is 2.46 bits per heavy atom. The standard InChI is InChI=1S/C10H22O3/c1-4-8-12-10(6-5-7-11)13-9(2)3/h9-11H,4-8H2,1-3H3. The fourth-order valence-corrected chi connectivity index (χ4v) is 1.00. The fraction of sp³-hybridized carbons (Fsp3) is 1.00. The molecule has 0 radical (unpaired) electrons. The Morgan fingerprint density at radius 2 is 2.00 bits per heavy atom. The lowest BCUT2D eigenvalue weighted by atomic mass is 10.3. The molecule has 0 aromatic carbocycles. The summed E-state index contributed by atoms with van der Waals surface area (Å²) in [6, 6.07) is 0. The highest BCUT2D eigenvalue weighted by molar-refractivity contribution is 4.48. The van der Waals surface area contributed by atoms with Crippen molar-refractivity contribution >= 4 is 0 Å². The van der Waals surface area contributed by atoms with E-state index in [1.54, 1.807) is 0 Å². The summed E-state index contributed by atoms with van der Waals surface area (Å²) in [6.07, 6.45) is 2.54. The van der Waals surface area contributed by atoms with Crippen LogP contribution in [0.1, 0.15) is 40.0 Å². The van der Waals surface area contributed by atoms with Crippen LogP contribution in [-0.2, 0) is 9.47 Å². The summed E-state index contributed by atoms with van der Waals surface area (Å²) >= 11 is 0. The lowest BCUT2D eigenvalue weighted by Crippen LogP contribution is -2.22. The third kappa shape index (κ3) is 8.22. The van der Waals surface area contributed by atoms with E-state index < -0.39 is 0 Å². The molecule has 0 spiro atoms. The molecular formula is C10H22O3. The minimum atomic E-state index is -0.146. The number of hydrogen-bond donors (Lipinski definition) is 1. The fourth-order valence-electron chi connectivity index (χ4n) is 1.00. The van der Waals surface area contributed by atoms with Gasteiger partial charge in [-0.15, -0.1) is 0 Å². The third-order valence-corrected chi connectivity index (χ3v) is 1.53. The number of rotatable bonds is 8. The van der Waals surface area contributed by atoms with E-state index in [1.165, 1.54) is 0 Å². The second-order valence-electron chi connectivity index (χ2n) is 3.35. The minimum Gasteiger partial charge on any atom is -0.396 e. The van der Waals surface area contributed by atoms with Gasteiger partial charge in [0.2, 0.25) is 0 Å². The Bertz CT molecular complexity index is 96.3. The van der Waals surface area contributed by atoms with Crippen LogP contribution in [0.15, 0.2) is 0 Å². The van der Waals surface area contributed by atoms with Gasteiger partial charge in [0.15, 0.2) is 6.29 Å². The van der Waals surface area contributed by atoms with E-state index in [4.69, 9.17) is 14.6 Å². The summed E-state index contributed by atoms with van der Waals surface area (Å²) in [4.78, 5) is 0. The molecule has 0 amide bonds. The van der Waals surface area contributed by atoms with Crippen LogP contribution in [0.2, 0.25) is 0 Å². The van der Waals surface area contributed by atoms with Crippen LogP contribution in [0, 0.1) is 0 Å². The molecule has 0 aromatic rings. The zero-order chi connectivity index (χ0) is 10.1. The molecule has 1 unspecified atom stereocenters. The van der Waals surface area contributed by atoms with Gasteiger partial charge in [0.1, 0.15) is 0 Å². The van der Waals surface area contributed by atoms with Crippen molar-refractivity contribution < 1.29 is 14.6 Å². The van der Waals surface area contributed by atoms with Gasteiger partial charge in [0.25, 0.3) is 0 Å². The number of ether oxygens (including phenoxy) is 2. The van der Waals surface area contributed by atoms with Crippen molar-refractivity contribution in [2.45, 2.75) is 52.4 Å². The summed E-state index contributed by atoms with van der Waals surface area (Å²) in [5.74, 6) is 0. The van der Waals surface area contributed by atoms with Crippen LogP contribution in [0.5, 0.6) is 0 Å². The molecule has 0 aliphatic carbocycles. The number of hydrogen-bond acceptors (Lipinski definition) is 3. The van der Waals surface area contributed by atoms with Gasteiger partial charge in [-0.1, -0.05) is 6.92 Å². The van der Waals surface area contributed by atoms with Crippen LogP contribution in [-0.4, -0.2) is 30.7 Å². The Hall–Kier alpha value is -0.120. The zero-order valence-electron chi connectivity index (χ0n) is 8.95. The Balaban J connectivity index is 3.60. The van der Waals surface area contributed by atoms with E-state index in [0.717, 1.165) is 25.9 Å². The van der Waals surface area contributed by atoms with E-state index in [2.05, 4.69) is 6.92 Å². The highest BCUT2D eigenvalue weighted by Gasteiger charge is 2.10. The van der Waals surface area contributed by atoms with Crippen LogP contribution >= 0.6 is 0 Å². The molecule has 1 atom stereocenters. The molecule has 0 aromatic heterocycles. The van der Waals surface area contributed by atoms with Crippen molar-refractivity contribution in [3.8, 4) is 0 Å². The van der Waals surface area contributed by atoms with Gasteiger partial charge >= 0.3 is 0 Å². The smallest absolute Gasteiger partial charge is 0.158 e. The first kappa shape index (κ1) is 12.9. The second kappa shape index (κ2) is 8.48. The first-order valence-corrected chi connectivity index (χ1v) is 5.08. The van der Waals surface area contributed by atoms with E-state index >= 15 is 0 Å². The molecule has 0 saturated carbocycles. The molecule has 0 heterocycles. The maximum atomic E-state index is 8.66. The lowest BCUT2D eigenvalue weighted by molar-refractivity contribution is -0.167. The zero-order valence-corrected chi connectivity index (χ0v) is 8.95. The van der Waals surface area contributed by atoms with E-state index in [0.29, 0.717) is 0 Å². The van der Waals surface area contributed by atoms with Crippen LogP contribution in [0.4, 0.5) is 0 Å². The molecule has 0 aliphatic rings. The average Bonchev–Trinajstić information content (AvgIpc) is 2.09. The predicted octanol–water partition coefficient (Wildman–Crippen LogP) is 1.94. The molecule has 0 fully saturated rings. The summed E-state index contributed by atoms with van der Waals surface area (Å²) in [7, 11) is 0. The van der Waals surface area contributed by atoms with Crippen LogP contribution in [0.3, 0.4) is 0 Å². The molecule has 1 N–H and O–H groups in total. The number of aliphatic hydroxyl groups is 1. The highest BCUT2D eigenvalue weighted by atomic mass is 16.7. The largest absolute Gasteiger partial charge is 0.396 e. The molecule has 13 heavy (non-hydrogen) atoms. The SMILES string of the molecule is CCCOC(CCCO)OC(C)C. The normalized spacial score (nSPS) is 13.6. The average molecular weight is 190 g/mol. The van der Waals surface area contributed by atoms with Crippen molar-refractivity contribution in [2.75, 3.05) is 13.2 Å². The quantitative estimate of drug-likeness (QED) is 0.594. The molecular weight excluding hydrogens is 168 g/mol.